The van der Waals surface area contributed by atoms with Crippen molar-refractivity contribution in [1.29, 1.82) is 0 Å². The summed E-state index contributed by atoms with van der Waals surface area (Å²) in [6.07, 6.45) is 9.48. The maximum Gasteiger partial charge on any atom is 0 e. The zero-order valence-electron chi connectivity index (χ0n) is 35.2. The first-order valence-corrected chi connectivity index (χ1v) is 17.7. The maximum atomic E-state index is 3.20. The number of hydrogen-bond donors (Lipinski definition) is 0. The fourth-order valence-corrected chi connectivity index (χ4v) is 3.06. The molecule has 0 heterocycles. The molecule has 0 nitrogen and oxygen atoms in total. The van der Waals surface area contributed by atoms with Crippen molar-refractivity contribution in [3.63, 3.8) is 0 Å². The molecule has 3 aromatic rings. The molecule has 0 aromatic heterocycles. The summed E-state index contributed by atoms with van der Waals surface area (Å²) in [5.74, 6) is 2.23. The van der Waals surface area contributed by atoms with Crippen molar-refractivity contribution in [3.8, 4) is 0 Å². The molecule has 0 unspecified atom stereocenters. The van der Waals surface area contributed by atoms with Gasteiger partial charge in [0.25, 0.3) is 0 Å². The Morgan fingerprint density at radius 1 is 0.469 bits per heavy atom. The van der Waals surface area contributed by atoms with E-state index in [1.165, 1.54) is 23.1 Å². The normalized spacial score (nSPS) is 7.78. The molecule has 0 spiro atoms. The largest absolute Gasteiger partial charge is 0.335 e. The van der Waals surface area contributed by atoms with Crippen LogP contribution in [0.25, 0.3) is 0 Å². The minimum absolute atomic E-state index is 0. The molecule has 0 amide bonds. The van der Waals surface area contributed by atoms with Gasteiger partial charge in [-0.3, -0.25) is 0 Å². The summed E-state index contributed by atoms with van der Waals surface area (Å²) >= 11 is 0. The Kier molecular flexibility index (Phi) is 108. The molecule has 0 aliphatic heterocycles. The molecule has 0 bridgehead atoms. The van der Waals surface area contributed by atoms with Gasteiger partial charge in [-0.15, -0.1) is 0 Å². The van der Waals surface area contributed by atoms with E-state index in [0.717, 1.165) is 30.6 Å². The van der Waals surface area contributed by atoms with Crippen molar-refractivity contribution in [1.82, 2.24) is 0 Å². The van der Waals surface area contributed by atoms with Gasteiger partial charge < -0.3 is 19.3 Å². The number of rotatable bonds is 6. The van der Waals surface area contributed by atoms with Crippen LogP contribution in [-0.2, 0) is 117 Å². The molecule has 0 atom stereocenters. The van der Waals surface area contributed by atoms with Crippen LogP contribution in [0.1, 0.15) is 149 Å². The molecule has 0 saturated heterocycles. The van der Waals surface area contributed by atoms with Crippen molar-refractivity contribution in [3.05, 3.63) is 127 Å². The summed E-state index contributed by atoms with van der Waals surface area (Å²) in [5.41, 5.74) is 4.11. The van der Waals surface area contributed by atoms with E-state index in [4.69, 9.17) is 0 Å². The summed E-state index contributed by atoms with van der Waals surface area (Å²) < 4.78 is 0. The second-order valence-corrected chi connectivity index (χ2v) is 10.7. The zero-order valence-corrected chi connectivity index (χ0v) is 43.8. The summed E-state index contributed by atoms with van der Waals surface area (Å²) in [6, 6.07) is 33.8. The Morgan fingerprint density at radius 2 is 0.857 bits per heavy atom. The Labute approximate surface area is 389 Å². The van der Waals surface area contributed by atoms with Gasteiger partial charge in [0.2, 0.25) is 0 Å². The van der Waals surface area contributed by atoms with Gasteiger partial charge in [0.05, 0.1) is 0 Å². The van der Waals surface area contributed by atoms with Crippen LogP contribution in [0.5, 0.6) is 0 Å². The molecule has 3 radical (unpaired) electrons. The van der Waals surface area contributed by atoms with E-state index in [2.05, 4.69) is 96.1 Å². The number of benzene rings is 3. The smallest absolute Gasteiger partial charge is 0 e. The molecular weight excluding hydrogens is 819 g/mol. The molecule has 0 saturated carbocycles. The molecule has 49 heavy (non-hydrogen) atoms. The first kappa shape index (κ1) is 75.0. The summed E-state index contributed by atoms with van der Waals surface area (Å²) in [4.78, 5) is 0. The van der Waals surface area contributed by atoms with Crippen LogP contribution in [0.4, 0.5) is 0 Å². The van der Waals surface area contributed by atoms with Crippen LogP contribution in [0.3, 0.4) is 0 Å². The minimum Gasteiger partial charge on any atom is -0.335 e. The molecule has 3 heteroatoms. The molecule has 281 valence electrons. The Hall–Kier alpha value is 0.972. The van der Waals surface area contributed by atoms with E-state index in [9.17, 15) is 0 Å². The first-order chi connectivity index (χ1) is 21.6. The van der Waals surface area contributed by atoms with Gasteiger partial charge in [-0.05, 0) is 24.7 Å². The molecular formula is C46H82Y3-6. The monoisotopic (exact) mass is 901 g/mol. The Balaban J connectivity index is -0.0000000470. The minimum atomic E-state index is 0. The van der Waals surface area contributed by atoms with Gasteiger partial charge in [0.1, 0.15) is 0 Å². The van der Waals surface area contributed by atoms with Crippen LogP contribution in [0.15, 0.2) is 72.8 Å². The van der Waals surface area contributed by atoms with E-state index in [1.807, 2.05) is 139 Å². The average Bonchev–Trinajstić information content (AvgIpc) is 3.03. The molecule has 3 rings (SSSR count). The number of hydrogen-bond acceptors (Lipinski definition) is 0. The topological polar surface area (TPSA) is 0 Å². The first-order valence-electron chi connectivity index (χ1n) is 17.7. The third kappa shape index (κ3) is 79.0. The van der Waals surface area contributed by atoms with Crippen LogP contribution in [0, 0.1) is 55.2 Å². The van der Waals surface area contributed by atoms with E-state index >= 15 is 0 Å². The average molecular weight is 902 g/mol. The van der Waals surface area contributed by atoms with E-state index in [1.54, 1.807) is 0 Å². The second-order valence-electron chi connectivity index (χ2n) is 10.7. The Morgan fingerprint density at radius 3 is 1.16 bits per heavy atom. The van der Waals surface area contributed by atoms with Gasteiger partial charge in [-0.2, -0.15) is 149 Å². The van der Waals surface area contributed by atoms with Gasteiger partial charge in [0.15, 0.2) is 0 Å². The summed E-state index contributed by atoms with van der Waals surface area (Å²) in [7, 11) is 0. The SMILES string of the molecule is C.CC.CC.CC.CC(C)Cc1[c-]cccc1.CC(C)Cc1c[c-]ccc1.CC(C)Cc1cc[c-]cc1.C[CH-]C.C[CH-]C.C[CH-]C.[Y].[Y].[Y]. The van der Waals surface area contributed by atoms with Crippen LogP contribution < -0.4 is 0 Å². The Bertz CT molecular complexity index is 689. The van der Waals surface area contributed by atoms with Crippen molar-refractivity contribution in [2.24, 2.45) is 17.8 Å². The predicted molar refractivity (Wildman–Crippen MR) is 219 cm³/mol. The molecule has 0 aliphatic rings. The van der Waals surface area contributed by atoms with Crippen LogP contribution in [-0.4, -0.2) is 0 Å². The van der Waals surface area contributed by atoms with E-state index in [-0.39, 0.29) is 106 Å². The van der Waals surface area contributed by atoms with Crippen molar-refractivity contribution in [2.45, 2.75) is 151 Å². The third-order valence-corrected chi connectivity index (χ3v) is 4.25. The standard InChI is InChI=1S/3C10H13.3C3H7.3C2H6.CH4.3Y/c3*1-9(2)8-10-6-4-3-5-7-10;3*1-3-2;3*1-2;;;;/h4-7,9H,8H2,1-2H3;3-4,6-7,9H,8H2,1-2H3;3-6,9H,8H2,1-2H3;3*3H,1-2H3;3*1-2H3;1H4;;;/q6*-1;;;;;;;. The van der Waals surface area contributed by atoms with E-state index < -0.39 is 0 Å². The van der Waals surface area contributed by atoms with Gasteiger partial charge in [-0.1, -0.05) is 103 Å². The zero-order chi connectivity index (χ0) is 36.3. The third-order valence-electron chi connectivity index (χ3n) is 4.25. The quantitative estimate of drug-likeness (QED) is 0.216. The van der Waals surface area contributed by atoms with Gasteiger partial charge in [0, 0.05) is 98.1 Å². The van der Waals surface area contributed by atoms with Gasteiger partial charge in [-0.25, -0.2) is 0 Å². The van der Waals surface area contributed by atoms with Crippen LogP contribution >= 0.6 is 0 Å². The van der Waals surface area contributed by atoms with Crippen LogP contribution in [0.2, 0.25) is 0 Å². The molecule has 3 aromatic carbocycles. The van der Waals surface area contributed by atoms with Gasteiger partial charge >= 0.3 is 0 Å². The van der Waals surface area contributed by atoms with E-state index in [0.29, 0.717) is 0 Å². The fourth-order valence-electron chi connectivity index (χ4n) is 3.06. The van der Waals surface area contributed by atoms with Crippen molar-refractivity contribution < 1.29 is 98.1 Å². The van der Waals surface area contributed by atoms with Crippen molar-refractivity contribution in [2.75, 3.05) is 0 Å². The summed E-state index contributed by atoms with van der Waals surface area (Å²) in [5, 5.41) is 0. The molecule has 0 fully saturated rings. The molecule has 0 aliphatic carbocycles. The fraction of sp³-hybridized carbons (Fsp3) is 0.543. The second kappa shape index (κ2) is 70.5. The maximum absolute atomic E-state index is 3.20. The molecule has 0 N–H and O–H groups in total. The van der Waals surface area contributed by atoms with Crippen molar-refractivity contribution >= 4 is 0 Å². The summed E-state index contributed by atoms with van der Waals surface area (Å²) in [6.45, 7) is 37.4. The predicted octanol–water partition coefficient (Wildman–Crippen LogP) is 15.5.